The summed E-state index contributed by atoms with van der Waals surface area (Å²) >= 11 is 0. The first-order chi connectivity index (χ1) is 9.31. The van der Waals surface area contributed by atoms with Crippen LogP contribution in [0.3, 0.4) is 0 Å². The van der Waals surface area contributed by atoms with Crippen LogP contribution < -0.4 is 0 Å². The molecule has 20 heavy (non-hydrogen) atoms. The van der Waals surface area contributed by atoms with Crippen LogP contribution in [0.1, 0.15) is 44.7 Å². The summed E-state index contributed by atoms with van der Waals surface area (Å²) in [5.74, 6) is -1.54. The second-order valence-electron chi connectivity index (χ2n) is 5.48. The van der Waals surface area contributed by atoms with Gasteiger partial charge in [-0.3, -0.25) is 4.79 Å². The topological polar surface area (TPSA) is 63.6 Å². The molecule has 0 heterocycles. The minimum absolute atomic E-state index is 0.468. The number of esters is 1. The van der Waals surface area contributed by atoms with Crippen molar-refractivity contribution in [3.8, 4) is 0 Å². The standard InChI is InChI=1S/C16H22O4/c1-10(2)9-13-5-7-14(8-6-13)11(3)16(19)20-12(4)15(17)18/h5-8,10-12H,9H2,1-4H3,(H,17,18)/t11?,12-/m1/s1. The molecule has 0 aliphatic rings. The molecule has 0 saturated heterocycles. The van der Waals surface area contributed by atoms with Crippen molar-refractivity contribution in [3.05, 3.63) is 35.4 Å². The molecule has 4 nitrogen and oxygen atoms in total. The van der Waals surface area contributed by atoms with Crippen molar-refractivity contribution in [2.45, 2.75) is 46.1 Å². The predicted octanol–water partition coefficient (Wildman–Crippen LogP) is 3.00. The Labute approximate surface area is 119 Å². The van der Waals surface area contributed by atoms with E-state index in [-0.39, 0.29) is 0 Å². The average Bonchev–Trinajstić information content (AvgIpc) is 2.37. The van der Waals surface area contributed by atoms with Gasteiger partial charge in [0.15, 0.2) is 6.10 Å². The molecule has 0 radical (unpaired) electrons. The summed E-state index contributed by atoms with van der Waals surface area (Å²) in [5, 5.41) is 8.73. The lowest BCUT2D eigenvalue weighted by molar-refractivity contribution is -0.163. The summed E-state index contributed by atoms with van der Waals surface area (Å²) in [5.41, 5.74) is 2.06. The molecule has 4 heteroatoms. The number of carboxylic acid groups (broad SMARTS) is 1. The molecule has 0 aromatic heterocycles. The van der Waals surface area contributed by atoms with Crippen LogP contribution in [-0.2, 0) is 20.7 Å². The number of hydrogen-bond acceptors (Lipinski definition) is 3. The highest BCUT2D eigenvalue weighted by Crippen LogP contribution is 2.19. The van der Waals surface area contributed by atoms with Crippen molar-refractivity contribution in [1.82, 2.24) is 0 Å². The zero-order valence-electron chi connectivity index (χ0n) is 12.4. The van der Waals surface area contributed by atoms with Gasteiger partial charge in [-0.1, -0.05) is 38.1 Å². The first kappa shape index (κ1) is 16.2. The summed E-state index contributed by atoms with van der Waals surface area (Å²) in [6.45, 7) is 7.37. The fourth-order valence-electron chi connectivity index (χ4n) is 1.88. The Kier molecular flexibility index (Phi) is 5.74. The number of aliphatic carboxylic acids is 1. The number of ether oxygens (including phenoxy) is 1. The van der Waals surface area contributed by atoms with Gasteiger partial charge in [0.25, 0.3) is 0 Å². The zero-order chi connectivity index (χ0) is 15.3. The van der Waals surface area contributed by atoms with E-state index >= 15 is 0 Å². The molecule has 1 aromatic carbocycles. The third-order valence-electron chi connectivity index (χ3n) is 3.12. The zero-order valence-corrected chi connectivity index (χ0v) is 12.4. The van der Waals surface area contributed by atoms with Crippen LogP contribution in [0.2, 0.25) is 0 Å². The molecule has 0 saturated carbocycles. The minimum atomic E-state index is -1.14. The van der Waals surface area contributed by atoms with E-state index in [2.05, 4.69) is 13.8 Å². The van der Waals surface area contributed by atoms with Gasteiger partial charge in [-0.05, 0) is 37.3 Å². The van der Waals surface area contributed by atoms with E-state index in [4.69, 9.17) is 9.84 Å². The Balaban J connectivity index is 2.69. The highest BCUT2D eigenvalue weighted by atomic mass is 16.6. The lowest BCUT2D eigenvalue weighted by atomic mass is 9.97. The summed E-state index contributed by atoms with van der Waals surface area (Å²) in [7, 11) is 0. The molecular formula is C16H22O4. The predicted molar refractivity (Wildman–Crippen MR) is 76.6 cm³/mol. The first-order valence-electron chi connectivity index (χ1n) is 6.83. The SMILES string of the molecule is CC(C)Cc1ccc(C(C)C(=O)O[C@H](C)C(=O)O)cc1. The maximum Gasteiger partial charge on any atom is 0.344 e. The quantitative estimate of drug-likeness (QED) is 0.812. The number of rotatable bonds is 6. The van der Waals surface area contributed by atoms with Gasteiger partial charge in [0.2, 0.25) is 0 Å². The van der Waals surface area contributed by atoms with Crippen LogP contribution in [0.15, 0.2) is 24.3 Å². The second kappa shape index (κ2) is 7.08. The first-order valence-corrected chi connectivity index (χ1v) is 6.83. The van der Waals surface area contributed by atoms with Crippen LogP contribution >= 0.6 is 0 Å². The fraction of sp³-hybridized carbons (Fsp3) is 0.500. The second-order valence-corrected chi connectivity index (χ2v) is 5.48. The molecule has 1 aromatic rings. The largest absolute Gasteiger partial charge is 0.479 e. The average molecular weight is 278 g/mol. The van der Waals surface area contributed by atoms with Gasteiger partial charge in [-0.25, -0.2) is 4.79 Å². The fourth-order valence-corrected chi connectivity index (χ4v) is 1.88. The monoisotopic (exact) mass is 278 g/mol. The van der Waals surface area contributed by atoms with E-state index < -0.39 is 24.0 Å². The maximum absolute atomic E-state index is 11.8. The third-order valence-corrected chi connectivity index (χ3v) is 3.12. The van der Waals surface area contributed by atoms with E-state index in [1.165, 1.54) is 12.5 Å². The molecule has 0 amide bonds. The van der Waals surface area contributed by atoms with E-state index in [9.17, 15) is 9.59 Å². The minimum Gasteiger partial charge on any atom is -0.479 e. The molecule has 0 spiro atoms. The van der Waals surface area contributed by atoms with Crippen molar-refractivity contribution in [3.63, 3.8) is 0 Å². The highest BCUT2D eigenvalue weighted by Gasteiger charge is 2.22. The van der Waals surface area contributed by atoms with Crippen molar-refractivity contribution in [2.75, 3.05) is 0 Å². The van der Waals surface area contributed by atoms with Crippen molar-refractivity contribution < 1.29 is 19.4 Å². The van der Waals surface area contributed by atoms with Crippen LogP contribution in [0, 0.1) is 5.92 Å². The van der Waals surface area contributed by atoms with Gasteiger partial charge in [-0.2, -0.15) is 0 Å². The summed E-state index contributed by atoms with van der Waals surface area (Å²) in [6.07, 6.45) is -0.125. The van der Waals surface area contributed by atoms with Gasteiger partial charge in [0.1, 0.15) is 0 Å². The molecule has 0 aliphatic carbocycles. The number of hydrogen-bond donors (Lipinski definition) is 1. The van der Waals surface area contributed by atoms with Crippen LogP contribution in [0.5, 0.6) is 0 Å². The summed E-state index contributed by atoms with van der Waals surface area (Å²) < 4.78 is 4.88. The number of carboxylic acids is 1. The summed E-state index contributed by atoms with van der Waals surface area (Å²) in [6, 6.07) is 7.80. The van der Waals surface area contributed by atoms with Gasteiger partial charge < -0.3 is 9.84 Å². The Morgan fingerprint density at radius 1 is 1.10 bits per heavy atom. The van der Waals surface area contributed by atoms with Gasteiger partial charge >= 0.3 is 11.9 Å². The molecule has 0 fully saturated rings. The summed E-state index contributed by atoms with van der Waals surface area (Å²) in [4.78, 5) is 22.5. The molecular weight excluding hydrogens is 256 g/mol. The van der Waals surface area contributed by atoms with Crippen molar-refractivity contribution in [1.29, 1.82) is 0 Å². The Bertz CT molecular complexity index is 462. The molecule has 0 bridgehead atoms. The molecule has 1 rings (SSSR count). The smallest absolute Gasteiger partial charge is 0.344 e. The maximum atomic E-state index is 11.8. The number of carbonyl (C=O) groups excluding carboxylic acids is 1. The van der Waals surface area contributed by atoms with E-state index in [0.717, 1.165) is 12.0 Å². The van der Waals surface area contributed by atoms with Crippen LogP contribution in [0.25, 0.3) is 0 Å². The molecule has 1 unspecified atom stereocenters. The van der Waals surface area contributed by atoms with Gasteiger partial charge in [-0.15, -0.1) is 0 Å². The number of carbonyl (C=O) groups is 2. The Morgan fingerprint density at radius 2 is 1.65 bits per heavy atom. The van der Waals surface area contributed by atoms with Gasteiger partial charge in [0, 0.05) is 0 Å². The third kappa shape index (κ3) is 4.68. The van der Waals surface area contributed by atoms with E-state index in [1.807, 2.05) is 24.3 Å². The van der Waals surface area contributed by atoms with E-state index in [0.29, 0.717) is 5.92 Å². The van der Waals surface area contributed by atoms with Gasteiger partial charge in [0.05, 0.1) is 5.92 Å². The van der Waals surface area contributed by atoms with E-state index in [1.54, 1.807) is 6.92 Å². The molecule has 110 valence electrons. The molecule has 0 aliphatic heterocycles. The van der Waals surface area contributed by atoms with Crippen molar-refractivity contribution >= 4 is 11.9 Å². The normalized spacial score (nSPS) is 13.8. The van der Waals surface area contributed by atoms with Crippen molar-refractivity contribution in [2.24, 2.45) is 5.92 Å². The lowest BCUT2D eigenvalue weighted by Gasteiger charge is -2.15. The van der Waals surface area contributed by atoms with Crippen LogP contribution in [-0.4, -0.2) is 23.1 Å². The highest BCUT2D eigenvalue weighted by molar-refractivity contribution is 5.81. The number of benzene rings is 1. The lowest BCUT2D eigenvalue weighted by Crippen LogP contribution is -2.26. The molecule has 2 atom stereocenters. The Hall–Kier alpha value is -1.84. The van der Waals surface area contributed by atoms with Crippen LogP contribution in [0.4, 0.5) is 0 Å². The molecule has 1 N–H and O–H groups in total. The Morgan fingerprint density at radius 3 is 2.10 bits per heavy atom.